The van der Waals surface area contributed by atoms with Crippen molar-refractivity contribution < 1.29 is 4.42 Å². The number of fused-ring (bicyclic) bond motifs is 5. The van der Waals surface area contributed by atoms with Crippen molar-refractivity contribution in [3.05, 3.63) is 80.1 Å². The quantitative estimate of drug-likeness (QED) is 0.703. The highest BCUT2D eigenvalue weighted by Crippen LogP contribution is 2.35. The van der Waals surface area contributed by atoms with E-state index in [1.807, 2.05) is 35.8 Å². The monoisotopic (exact) mass is 362 g/mol. The summed E-state index contributed by atoms with van der Waals surface area (Å²) in [7, 11) is 0. The molecule has 5 nitrogen and oxygen atoms in total. The first-order valence-electron chi connectivity index (χ1n) is 9.51. The molecule has 2 atom stereocenters. The van der Waals surface area contributed by atoms with Gasteiger partial charge in [-0.05, 0) is 37.5 Å². The maximum absolute atomic E-state index is 12.9. The van der Waals surface area contributed by atoms with Gasteiger partial charge in [-0.1, -0.05) is 17.7 Å². The van der Waals surface area contributed by atoms with Crippen LogP contribution in [0.4, 0.5) is 0 Å². The molecule has 0 N–H and O–H groups in total. The predicted octanol–water partition coefficient (Wildman–Crippen LogP) is 2.88. The molecule has 2 bridgehead atoms. The molecule has 0 aliphatic carbocycles. The van der Waals surface area contributed by atoms with Gasteiger partial charge in [-0.25, -0.2) is 0 Å². The third-order valence-electron chi connectivity index (χ3n) is 5.95. The van der Waals surface area contributed by atoms with Crippen molar-refractivity contribution in [3.8, 4) is 0 Å². The van der Waals surface area contributed by atoms with Gasteiger partial charge in [0.15, 0.2) is 5.43 Å². The molecule has 4 heterocycles. The first-order chi connectivity index (χ1) is 13.1. The minimum Gasteiger partial charge on any atom is -0.464 e. The lowest BCUT2D eigenvalue weighted by atomic mass is 9.83. The molecule has 2 aromatic heterocycles. The van der Waals surface area contributed by atoms with Gasteiger partial charge in [0.05, 0.1) is 11.6 Å². The van der Waals surface area contributed by atoms with Crippen LogP contribution in [0.2, 0.25) is 0 Å². The lowest BCUT2D eigenvalue weighted by Gasteiger charge is -2.42. The molecule has 0 amide bonds. The molecule has 5 rings (SSSR count). The second-order valence-electron chi connectivity index (χ2n) is 7.98. The van der Waals surface area contributed by atoms with Crippen molar-refractivity contribution in [1.82, 2.24) is 9.47 Å². The number of likely N-dealkylation sites (tertiary alicyclic amines) is 1. The van der Waals surface area contributed by atoms with E-state index in [2.05, 4.69) is 11.0 Å². The summed E-state index contributed by atoms with van der Waals surface area (Å²) in [4.78, 5) is 27.4. The number of hydrogen-bond donors (Lipinski definition) is 0. The molecule has 1 aromatic carbocycles. The standard InChI is InChI=1S/C22H22N2O3/c1-14-5-6-20-18(7-14)22(26)17(13-27-20)12-23-9-15-8-16(11-23)19-3-2-4-21(25)24(19)10-15/h2-7,13,15-16H,8-12H2,1H3/t15-,16+/m0/s1. The largest absolute Gasteiger partial charge is 0.464 e. The van der Waals surface area contributed by atoms with Crippen LogP contribution in [-0.2, 0) is 13.1 Å². The Kier molecular flexibility index (Phi) is 3.79. The van der Waals surface area contributed by atoms with Gasteiger partial charge in [0.25, 0.3) is 5.56 Å². The van der Waals surface area contributed by atoms with E-state index >= 15 is 0 Å². The lowest BCUT2D eigenvalue weighted by molar-refractivity contribution is 0.113. The Hall–Kier alpha value is -2.66. The molecular weight excluding hydrogens is 340 g/mol. The Morgan fingerprint density at radius 3 is 2.89 bits per heavy atom. The van der Waals surface area contributed by atoms with E-state index in [4.69, 9.17) is 4.42 Å². The Morgan fingerprint density at radius 1 is 1.11 bits per heavy atom. The van der Waals surface area contributed by atoms with Crippen molar-refractivity contribution >= 4 is 11.0 Å². The Bertz CT molecular complexity index is 1140. The molecule has 1 fully saturated rings. The normalized spacial score (nSPS) is 22.0. The molecule has 0 unspecified atom stereocenters. The first kappa shape index (κ1) is 16.5. The number of hydrogen-bond acceptors (Lipinski definition) is 4. The predicted molar refractivity (Wildman–Crippen MR) is 104 cm³/mol. The number of nitrogens with zero attached hydrogens (tertiary/aromatic N) is 2. The second-order valence-corrected chi connectivity index (χ2v) is 7.98. The zero-order valence-corrected chi connectivity index (χ0v) is 15.4. The molecule has 0 spiro atoms. The summed E-state index contributed by atoms with van der Waals surface area (Å²) < 4.78 is 7.65. The van der Waals surface area contributed by atoms with Crippen LogP contribution in [0.5, 0.6) is 0 Å². The fourth-order valence-electron chi connectivity index (χ4n) is 4.76. The van der Waals surface area contributed by atoms with Crippen molar-refractivity contribution in [2.45, 2.75) is 32.4 Å². The van der Waals surface area contributed by atoms with Gasteiger partial charge in [0, 0.05) is 49.4 Å². The summed E-state index contributed by atoms with van der Waals surface area (Å²) in [5, 5.41) is 0.654. The summed E-state index contributed by atoms with van der Waals surface area (Å²) >= 11 is 0. The topological polar surface area (TPSA) is 55.5 Å². The van der Waals surface area contributed by atoms with Gasteiger partial charge in [-0.3, -0.25) is 14.5 Å². The van der Waals surface area contributed by atoms with Crippen LogP contribution in [0, 0.1) is 12.8 Å². The lowest BCUT2D eigenvalue weighted by Crippen LogP contribution is -2.47. The molecule has 0 radical (unpaired) electrons. The van der Waals surface area contributed by atoms with E-state index in [9.17, 15) is 9.59 Å². The number of benzene rings is 1. The van der Waals surface area contributed by atoms with Crippen molar-refractivity contribution in [3.63, 3.8) is 0 Å². The van der Waals surface area contributed by atoms with Gasteiger partial charge in [-0.2, -0.15) is 0 Å². The van der Waals surface area contributed by atoms with E-state index in [-0.39, 0.29) is 11.0 Å². The molecule has 5 heteroatoms. The highest BCUT2D eigenvalue weighted by Gasteiger charge is 2.34. The zero-order valence-electron chi connectivity index (χ0n) is 15.4. The minimum atomic E-state index is 0.0623. The maximum Gasteiger partial charge on any atom is 0.250 e. The van der Waals surface area contributed by atoms with Gasteiger partial charge in [0.2, 0.25) is 0 Å². The fraction of sp³-hybridized carbons (Fsp3) is 0.364. The number of rotatable bonds is 2. The van der Waals surface area contributed by atoms with Crippen LogP contribution in [0.3, 0.4) is 0 Å². The van der Waals surface area contributed by atoms with Crippen LogP contribution in [0.1, 0.15) is 29.2 Å². The average molecular weight is 362 g/mol. The summed E-state index contributed by atoms with van der Waals surface area (Å²) in [6, 6.07) is 11.3. The van der Waals surface area contributed by atoms with Crippen LogP contribution in [0.15, 0.2) is 56.7 Å². The Morgan fingerprint density at radius 2 is 2.00 bits per heavy atom. The van der Waals surface area contributed by atoms with Gasteiger partial charge >= 0.3 is 0 Å². The van der Waals surface area contributed by atoms with E-state index < -0.39 is 0 Å². The van der Waals surface area contributed by atoms with E-state index in [0.29, 0.717) is 34.9 Å². The molecule has 2 aliphatic heterocycles. The van der Waals surface area contributed by atoms with Crippen molar-refractivity contribution in [2.24, 2.45) is 5.92 Å². The van der Waals surface area contributed by atoms with Crippen molar-refractivity contribution in [1.29, 1.82) is 0 Å². The summed E-state index contributed by atoms with van der Waals surface area (Å²) in [5.74, 6) is 0.798. The molecule has 27 heavy (non-hydrogen) atoms. The van der Waals surface area contributed by atoms with Crippen LogP contribution >= 0.6 is 0 Å². The van der Waals surface area contributed by atoms with Crippen LogP contribution < -0.4 is 11.0 Å². The number of aromatic nitrogens is 1. The van der Waals surface area contributed by atoms with Gasteiger partial charge in [-0.15, -0.1) is 0 Å². The van der Waals surface area contributed by atoms with Crippen LogP contribution in [0.25, 0.3) is 11.0 Å². The summed E-state index contributed by atoms with van der Waals surface area (Å²) in [6.07, 6.45) is 2.73. The van der Waals surface area contributed by atoms with Crippen LogP contribution in [-0.4, -0.2) is 22.6 Å². The zero-order chi connectivity index (χ0) is 18.5. The smallest absolute Gasteiger partial charge is 0.250 e. The number of aryl methyl sites for hydroxylation is 1. The molecule has 2 aliphatic rings. The minimum absolute atomic E-state index is 0.0623. The molecule has 3 aromatic rings. The molecule has 138 valence electrons. The van der Waals surface area contributed by atoms with E-state index in [1.165, 1.54) is 0 Å². The average Bonchev–Trinajstić information content (AvgIpc) is 2.65. The highest BCUT2D eigenvalue weighted by atomic mass is 16.3. The Labute approximate surface area is 156 Å². The summed E-state index contributed by atoms with van der Waals surface area (Å²) in [5.41, 5.74) is 3.69. The molecular formula is C22H22N2O3. The van der Waals surface area contributed by atoms with E-state index in [1.54, 1.807) is 12.3 Å². The first-order valence-corrected chi connectivity index (χ1v) is 9.51. The maximum atomic E-state index is 12.9. The Balaban J connectivity index is 1.45. The molecule has 0 saturated carbocycles. The third-order valence-corrected chi connectivity index (χ3v) is 5.95. The SMILES string of the molecule is Cc1ccc2occ(CN3C[C@@H]4C[C@H](C3)c3cccc(=O)n3C4)c(=O)c2c1. The van der Waals surface area contributed by atoms with Crippen molar-refractivity contribution in [2.75, 3.05) is 13.1 Å². The van der Waals surface area contributed by atoms with Gasteiger partial charge < -0.3 is 8.98 Å². The van der Waals surface area contributed by atoms with Gasteiger partial charge in [0.1, 0.15) is 5.58 Å². The highest BCUT2D eigenvalue weighted by molar-refractivity contribution is 5.77. The fourth-order valence-corrected chi connectivity index (χ4v) is 4.76. The third kappa shape index (κ3) is 2.82. The molecule has 1 saturated heterocycles. The second kappa shape index (κ2) is 6.20. The summed E-state index contributed by atoms with van der Waals surface area (Å²) in [6.45, 7) is 5.12. The number of piperidine rings is 1. The number of pyridine rings is 1. The van der Waals surface area contributed by atoms with E-state index in [0.717, 1.165) is 37.3 Å².